The average molecular weight is 165 g/mol. The Labute approximate surface area is 73.7 Å². The monoisotopic (exact) mass is 165 g/mol. The van der Waals surface area contributed by atoms with E-state index in [-0.39, 0.29) is 11.7 Å². The Morgan fingerprint density at radius 2 is 2.42 bits per heavy atom. The highest BCUT2D eigenvalue weighted by molar-refractivity contribution is 5.83. The van der Waals surface area contributed by atoms with Crippen LogP contribution < -0.4 is 5.32 Å². The third-order valence-corrected chi connectivity index (χ3v) is 2.30. The van der Waals surface area contributed by atoms with E-state index in [1.165, 1.54) is 0 Å². The topological polar surface area (TPSA) is 29.1 Å². The molecule has 0 spiro atoms. The van der Waals surface area contributed by atoms with Gasteiger partial charge in [-0.05, 0) is 18.9 Å². The summed E-state index contributed by atoms with van der Waals surface area (Å²) in [4.78, 5) is 11.4. The van der Waals surface area contributed by atoms with E-state index in [0.29, 0.717) is 12.3 Å². The molecule has 0 radical (unpaired) electrons. The molecule has 12 heavy (non-hydrogen) atoms. The average Bonchev–Trinajstić information content (AvgIpc) is 2.05. The van der Waals surface area contributed by atoms with Crippen LogP contribution in [0.25, 0.3) is 0 Å². The van der Waals surface area contributed by atoms with Crippen LogP contribution >= 0.6 is 0 Å². The van der Waals surface area contributed by atoms with Crippen LogP contribution in [0.5, 0.6) is 0 Å². The second kappa shape index (κ2) is 4.27. The number of carbonyl (C=O) groups excluding carboxylic acids is 1. The van der Waals surface area contributed by atoms with Crippen molar-refractivity contribution in [2.45, 2.75) is 19.8 Å². The minimum absolute atomic E-state index is 0.157. The summed E-state index contributed by atoms with van der Waals surface area (Å²) in [7, 11) is 0. The largest absolute Gasteiger partial charge is 0.316 e. The molecule has 0 aliphatic carbocycles. The summed E-state index contributed by atoms with van der Waals surface area (Å²) >= 11 is 0. The van der Waals surface area contributed by atoms with Crippen LogP contribution in [0.2, 0.25) is 0 Å². The lowest BCUT2D eigenvalue weighted by Crippen LogP contribution is -2.38. The molecule has 1 aliphatic rings. The van der Waals surface area contributed by atoms with Gasteiger partial charge in [0.1, 0.15) is 5.78 Å². The van der Waals surface area contributed by atoms with Gasteiger partial charge in [0.25, 0.3) is 0 Å². The molecule has 1 rings (SSSR count). The SMILES string of the molecule is C#CCC(=O)C1CNCC(C)C1. The van der Waals surface area contributed by atoms with Gasteiger partial charge in [-0.25, -0.2) is 0 Å². The molecule has 66 valence electrons. The highest BCUT2D eigenvalue weighted by Crippen LogP contribution is 2.17. The lowest BCUT2D eigenvalue weighted by molar-refractivity contribution is -0.122. The normalized spacial score (nSPS) is 29.3. The van der Waals surface area contributed by atoms with E-state index >= 15 is 0 Å². The van der Waals surface area contributed by atoms with E-state index in [0.717, 1.165) is 19.5 Å². The van der Waals surface area contributed by atoms with Crippen molar-refractivity contribution in [3.8, 4) is 12.3 Å². The van der Waals surface area contributed by atoms with E-state index < -0.39 is 0 Å². The number of rotatable bonds is 2. The molecule has 2 nitrogen and oxygen atoms in total. The molecule has 2 unspecified atom stereocenters. The third-order valence-electron chi connectivity index (χ3n) is 2.30. The van der Waals surface area contributed by atoms with Crippen molar-refractivity contribution in [2.24, 2.45) is 11.8 Å². The number of Topliss-reactive ketones (excluding diaryl/α,β-unsaturated/α-hetero) is 1. The fourth-order valence-electron chi connectivity index (χ4n) is 1.65. The van der Waals surface area contributed by atoms with E-state index in [1.807, 2.05) is 0 Å². The quantitative estimate of drug-likeness (QED) is 0.614. The lowest BCUT2D eigenvalue weighted by atomic mass is 9.88. The zero-order valence-electron chi connectivity index (χ0n) is 7.47. The zero-order valence-corrected chi connectivity index (χ0v) is 7.47. The number of ketones is 1. The first kappa shape index (κ1) is 9.28. The van der Waals surface area contributed by atoms with E-state index in [2.05, 4.69) is 18.2 Å². The molecule has 0 aromatic carbocycles. The third kappa shape index (κ3) is 2.35. The first-order valence-corrected chi connectivity index (χ1v) is 4.41. The molecule has 1 fully saturated rings. The van der Waals surface area contributed by atoms with Crippen molar-refractivity contribution in [3.05, 3.63) is 0 Å². The first-order chi connectivity index (χ1) is 5.74. The number of carbonyl (C=O) groups is 1. The maximum absolute atomic E-state index is 11.4. The molecule has 0 amide bonds. The number of nitrogens with one attached hydrogen (secondary N) is 1. The summed E-state index contributed by atoms with van der Waals surface area (Å²) in [5.41, 5.74) is 0. The minimum Gasteiger partial charge on any atom is -0.316 e. The predicted molar refractivity (Wildman–Crippen MR) is 48.6 cm³/mol. The Bertz CT molecular complexity index is 204. The fraction of sp³-hybridized carbons (Fsp3) is 0.700. The van der Waals surface area contributed by atoms with Gasteiger partial charge in [0.2, 0.25) is 0 Å². The van der Waals surface area contributed by atoms with Gasteiger partial charge in [-0.15, -0.1) is 6.42 Å². The minimum atomic E-state index is 0.157. The van der Waals surface area contributed by atoms with E-state index in [4.69, 9.17) is 6.42 Å². The molecule has 1 N–H and O–H groups in total. The second-order valence-corrected chi connectivity index (χ2v) is 3.54. The summed E-state index contributed by atoms with van der Waals surface area (Å²) in [5.74, 6) is 3.38. The Morgan fingerprint density at radius 1 is 1.67 bits per heavy atom. The number of hydrogen-bond donors (Lipinski definition) is 1. The summed E-state index contributed by atoms with van der Waals surface area (Å²) < 4.78 is 0. The van der Waals surface area contributed by atoms with Crippen LogP contribution in [-0.2, 0) is 4.79 Å². The highest BCUT2D eigenvalue weighted by atomic mass is 16.1. The first-order valence-electron chi connectivity index (χ1n) is 4.41. The molecule has 0 bridgehead atoms. The molecule has 0 aromatic heterocycles. The molecule has 2 heteroatoms. The van der Waals surface area contributed by atoms with Crippen molar-refractivity contribution >= 4 is 5.78 Å². The molecule has 1 heterocycles. The smallest absolute Gasteiger partial charge is 0.149 e. The molecule has 1 saturated heterocycles. The summed E-state index contributed by atoms with van der Waals surface area (Å²) in [6.07, 6.45) is 6.36. The van der Waals surface area contributed by atoms with Gasteiger partial charge in [0, 0.05) is 12.5 Å². The van der Waals surface area contributed by atoms with E-state index in [9.17, 15) is 4.79 Å². The maximum Gasteiger partial charge on any atom is 0.149 e. The van der Waals surface area contributed by atoms with Crippen molar-refractivity contribution in [1.82, 2.24) is 5.32 Å². The van der Waals surface area contributed by atoms with Gasteiger partial charge in [-0.2, -0.15) is 0 Å². The number of piperidine rings is 1. The number of terminal acetylenes is 1. The van der Waals surface area contributed by atoms with Gasteiger partial charge in [-0.1, -0.05) is 12.8 Å². The Morgan fingerprint density at radius 3 is 3.00 bits per heavy atom. The van der Waals surface area contributed by atoms with Gasteiger partial charge in [-0.3, -0.25) is 4.79 Å². The van der Waals surface area contributed by atoms with Gasteiger partial charge >= 0.3 is 0 Å². The molecular weight excluding hydrogens is 150 g/mol. The zero-order chi connectivity index (χ0) is 8.97. The van der Waals surface area contributed by atoms with Gasteiger partial charge in [0.05, 0.1) is 6.42 Å². The van der Waals surface area contributed by atoms with Crippen LogP contribution in [0, 0.1) is 24.2 Å². The van der Waals surface area contributed by atoms with Gasteiger partial charge < -0.3 is 5.32 Å². The molecular formula is C10H15NO. The second-order valence-electron chi connectivity index (χ2n) is 3.54. The van der Waals surface area contributed by atoms with Crippen LogP contribution in [0.3, 0.4) is 0 Å². The maximum atomic E-state index is 11.4. The van der Waals surface area contributed by atoms with Crippen molar-refractivity contribution < 1.29 is 4.79 Å². The van der Waals surface area contributed by atoms with Crippen LogP contribution in [0.1, 0.15) is 19.8 Å². The van der Waals surface area contributed by atoms with Crippen LogP contribution in [-0.4, -0.2) is 18.9 Å². The molecule has 2 atom stereocenters. The van der Waals surface area contributed by atoms with Crippen molar-refractivity contribution in [2.75, 3.05) is 13.1 Å². The van der Waals surface area contributed by atoms with E-state index in [1.54, 1.807) is 0 Å². The fourth-order valence-corrected chi connectivity index (χ4v) is 1.65. The molecule has 0 aromatic rings. The van der Waals surface area contributed by atoms with Crippen LogP contribution in [0.15, 0.2) is 0 Å². The Hall–Kier alpha value is -0.810. The number of hydrogen-bond acceptors (Lipinski definition) is 2. The van der Waals surface area contributed by atoms with Gasteiger partial charge in [0.15, 0.2) is 0 Å². The highest BCUT2D eigenvalue weighted by Gasteiger charge is 2.23. The predicted octanol–water partition coefficient (Wildman–Crippen LogP) is 0.824. The van der Waals surface area contributed by atoms with Crippen molar-refractivity contribution in [1.29, 1.82) is 0 Å². The summed E-state index contributed by atoms with van der Waals surface area (Å²) in [5, 5.41) is 3.23. The summed E-state index contributed by atoms with van der Waals surface area (Å²) in [6, 6.07) is 0. The molecule has 0 saturated carbocycles. The molecule has 1 aliphatic heterocycles. The Balaban J connectivity index is 2.41. The van der Waals surface area contributed by atoms with Crippen LogP contribution in [0.4, 0.5) is 0 Å². The lowest BCUT2D eigenvalue weighted by Gasteiger charge is -2.26. The Kier molecular flexibility index (Phi) is 3.31. The standard InChI is InChI=1S/C10H15NO/c1-3-4-10(12)9-5-8(2)6-11-7-9/h1,8-9,11H,4-7H2,2H3. The summed E-state index contributed by atoms with van der Waals surface area (Å²) in [6.45, 7) is 3.99. The van der Waals surface area contributed by atoms with Crippen molar-refractivity contribution in [3.63, 3.8) is 0 Å².